The number of carbonyl (C=O) groups is 3. The molecule has 7 rings (SSSR count). The van der Waals surface area contributed by atoms with Crippen molar-refractivity contribution < 1.29 is 28.6 Å². The first-order valence-corrected chi connectivity index (χ1v) is 12.5. The lowest BCUT2D eigenvalue weighted by Gasteiger charge is -2.45. The van der Waals surface area contributed by atoms with E-state index >= 15 is 0 Å². The highest BCUT2D eigenvalue weighted by molar-refractivity contribution is 6.32. The standard InChI is InChI=1S/C29H23ClN2O6/c1-36-21-12-15(11-20(30)27(21)38-14-22(33)37-2)13-31-32-28(34)25-23-16-7-3-4-8-17(16)24(26(25)29(32)35)19-10-6-5-9-18(19)23/h3-13,23-26H,14H2,1-2H3/b31-13-/t23?,24?,25-,26-/m0/s1. The summed E-state index contributed by atoms with van der Waals surface area (Å²) in [6.45, 7) is -0.341. The summed E-state index contributed by atoms with van der Waals surface area (Å²) in [5.74, 6) is -2.19. The highest BCUT2D eigenvalue weighted by atomic mass is 35.5. The first kappa shape index (κ1) is 24.2. The molecule has 1 saturated heterocycles. The van der Waals surface area contributed by atoms with Gasteiger partial charge in [0.15, 0.2) is 18.1 Å². The molecule has 2 amide bonds. The fraction of sp³-hybridized carbons (Fsp3) is 0.241. The van der Waals surface area contributed by atoms with Crippen LogP contribution in [0.25, 0.3) is 0 Å². The van der Waals surface area contributed by atoms with E-state index in [9.17, 15) is 14.4 Å². The van der Waals surface area contributed by atoms with Gasteiger partial charge in [0.05, 0.1) is 37.3 Å². The molecule has 8 nitrogen and oxygen atoms in total. The van der Waals surface area contributed by atoms with Crippen LogP contribution in [0.5, 0.6) is 11.5 Å². The van der Waals surface area contributed by atoms with Gasteiger partial charge in [-0.2, -0.15) is 10.1 Å². The fourth-order valence-electron chi connectivity index (χ4n) is 6.04. The Kier molecular flexibility index (Phi) is 5.91. The van der Waals surface area contributed by atoms with E-state index in [1.165, 1.54) is 20.4 Å². The smallest absolute Gasteiger partial charge is 0.343 e. The number of nitrogens with zero attached hydrogens (tertiary/aromatic N) is 2. The van der Waals surface area contributed by atoms with E-state index in [-0.39, 0.29) is 46.8 Å². The summed E-state index contributed by atoms with van der Waals surface area (Å²) in [6.07, 6.45) is 1.40. The zero-order valence-corrected chi connectivity index (χ0v) is 21.3. The van der Waals surface area contributed by atoms with Crippen LogP contribution in [-0.4, -0.2) is 49.8 Å². The molecule has 3 aliphatic carbocycles. The molecule has 38 heavy (non-hydrogen) atoms. The van der Waals surface area contributed by atoms with Gasteiger partial charge in [-0.1, -0.05) is 60.1 Å². The maximum absolute atomic E-state index is 13.7. The SMILES string of the molecule is COC(=O)COc1c(Cl)cc(/C=N\N2C(=O)[C@H]3C4c5ccccc5C(c5ccccc54)[C@@H]3C2=O)cc1OC. The first-order valence-electron chi connectivity index (χ1n) is 12.1. The van der Waals surface area contributed by atoms with E-state index in [1.807, 2.05) is 24.3 Å². The van der Waals surface area contributed by atoms with Gasteiger partial charge in [0.25, 0.3) is 11.8 Å². The van der Waals surface area contributed by atoms with E-state index < -0.39 is 17.8 Å². The largest absolute Gasteiger partial charge is 0.493 e. The van der Waals surface area contributed by atoms with E-state index in [0.717, 1.165) is 27.3 Å². The molecule has 3 aromatic carbocycles. The van der Waals surface area contributed by atoms with Crippen LogP contribution in [0.4, 0.5) is 0 Å². The Labute approximate surface area is 223 Å². The van der Waals surface area contributed by atoms with Gasteiger partial charge in [0, 0.05) is 11.8 Å². The number of imide groups is 1. The van der Waals surface area contributed by atoms with Crippen molar-refractivity contribution in [3.8, 4) is 11.5 Å². The van der Waals surface area contributed by atoms with Crippen LogP contribution < -0.4 is 9.47 Å². The summed E-state index contributed by atoms with van der Waals surface area (Å²) in [7, 11) is 2.69. The monoisotopic (exact) mass is 530 g/mol. The highest BCUT2D eigenvalue weighted by Crippen LogP contribution is 2.61. The number of esters is 1. The van der Waals surface area contributed by atoms with E-state index in [4.69, 9.17) is 21.1 Å². The molecule has 0 unspecified atom stereocenters. The predicted molar refractivity (Wildman–Crippen MR) is 139 cm³/mol. The molecule has 2 bridgehead atoms. The third-order valence-corrected chi connectivity index (χ3v) is 7.84. The van der Waals surface area contributed by atoms with Crippen LogP contribution in [0.15, 0.2) is 65.8 Å². The summed E-state index contributed by atoms with van der Waals surface area (Å²) < 4.78 is 15.4. The number of halogens is 1. The molecule has 4 aliphatic rings. The Morgan fingerprint density at radius 3 is 1.92 bits per heavy atom. The van der Waals surface area contributed by atoms with Crippen molar-refractivity contribution in [2.75, 3.05) is 20.8 Å². The maximum atomic E-state index is 13.7. The van der Waals surface area contributed by atoms with Crippen LogP contribution in [-0.2, 0) is 19.1 Å². The number of hydrogen-bond donors (Lipinski definition) is 0. The summed E-state index contributed by atoms with van der Waals surface area (Å²) in [6, 6.07) is 19.3. The Morgan fingerprint density at radius 1 is 0.921 bits per heavy atom. The second-order valence-corrected chi connectivity index (χ2v) is 9.80. The Bertz CT molecular complexity index is 1400. The molecule has 1 fully saturated rings. The molecule has 0 aromatic heterocycles. The summed E-state index contributed by atoms with van der Waals surface area (Å²) in [5.41, 5.74) is 4.89. The van der Waals surface area contributed by atoms with Gasteiger partial charge in [0.1, 0.15) is 0 Å². The van der Waals surface area contributed by atoms with Crippen LogP contribution >= 0.6 is 11.6 Å². The van der Waals surface area contributed by atoms with Gasteiger partial charge in [0.2, 0.25) is 0 Å². The zero-order chi connectivity index (χ0) is 26.6. The lowest BCUT2D eigenvalue weighted by atomic mass is 9.55. The quantitative estimate of drug-likeness (QED) is 0.270. The number of ether oxygens (including phenoxy) is 3. The predicted octanol–water partition coefficient (Wildman–Crippen LogP) is 4.13. The molecule has 0 radical (unpaired) electrons. The lowest BCUT2D eigenvalue weighted by Crippen LogP contribution is -2.41. The second kappa shape index (κ2) is 9.29. The average Bonchev–Trinajstić information content (AvgIpc) is 3.20. The average molecular weight is 531 g/mol. The number of rotatable bonds is 6. The van der Waals surface area contributed by atoms with Crippen molar-refractivity contribution in [2.45, 2.75) is 11.8 Å². The molecule has 2 atom stereocenters. The number of amides is 2. The van der Waals surface area contributed by atoms with Crippen molar-refractivity contribution in [1.82, 2.24) is 5.01 Å². The molecular formula is C29H23ClN2O6. The van der Waals surface area contributed by atoms with Crippen molar-refractivity contribution in [2.24, 2.45) is 16.9 Å². The minimum absolute atomic E-state index is 0.170. The van der Waals surface area contributed by atoms with Crippen LogP contribution in [0.3, 0.4) is 0 Å². The Balaban J connectivity index is 1.32. The molecule has 1 heterocycles. The molecule has 0 N–H and O–H groups in total. The van der Waals surface area contributed by atoms with Gasteiger partial charge in [-0.05, 0) is 39.9 Å². The van der Waals surface area contributed by atoms with Crippen molar-refractivity contribution >= 4 is 35.6 Å². The number of benzene rings is 3. The Morgan fingerprint density at radius 2 is 1.45 bits per heavy atom. The summed E-state index contributed by atoms with van der Waals surface area (Å²) in [5, 5.41) is 5.48. The third kappa shape index (κ3) is 3.59. The molecule has 0 saturated carbocycles. The van der Waals surface area contributed by atoms with Gasteiger partial charge < -0.3 is 14.2 Å². The molecule has 9 heteroatoms. The number of carbonyl (C=O) groups excluding carboxylic acids is 3. The van der Waals surface area contributed by atoms with E-state index in [2.05, 4.69) is 34.1 Å². The number of methoxy groups -OCH3 is 2. The lowest BCUT2D eigenvalue weighted by molar-refractivity contribution is -0.143. The minimum Gasteiger partial charge on any atom is -0.493 e. The van der Waals surface area contributed by atoms with Gasteiger partial charge in [-0.25, -0.2) is 4.79 Å². The van der Waals surface area contributed by atoms with Crippen LogP contribution in [0.1, 0.15) is 39.7 Å². The van der Waals surface area contributed by atoms with Crippen molar-refractivity contribution in [3.05, 3.63) is 93.5 Å². The number of hydrogen-bond acceptors (Lipinski definition) is 7. The summed E-state index contributed by atoms with van der Waals surface area (Å²) >= 11 is 6.38. The molecule has 0 spiro atoms. The van der Waals surface area contributed by atoms with Crippen molar-refractivity contribution in [3.63, 3.8) is 0 Å². The normalized spacial score (nSPS) is 22.8. The molecule has 1 aliphatic heterocycles. The third-order valence-electron chi connectivity index (χ3n) is 7.56. The van der Waals surface area contributed by atoms with Gasteiger partial charge in [-0.3, -0.25) is 9.59 Å². The van der Waals surface area contributed by atoms with Crippen LogP contribution in [0, 0.1) is 11.8 Å². The zero-order valence-electron chi connectivity index (χ0n) is 20.6. The summed E-state index contributed by atoms with van der Waals surface area (Å²) in [4.78, 5) is 38.8. The van der Waals surface area contributed by atoms with Crippen molar-refractivity contribution in [1.29, 1.82) is 0 Å². The topological polar surface area (TPSA) is 94.5 Å². The molecule has 3 aromatic rings. The van der Waals surface area contributed by atoms with Gasteiger partial charge in [-0.15, -0.1) is 0 Å². The van der Waals surface area contributed by atoms with E-state index in [0.29, 0.717) is 5.56 Å². The van der Waals surface area contributed by atoms with Gasteiger partial charge >= 0.3 is 5.97 Å². The van der Waals surface area contributed by atoms with E-state index in [1.54, 1.807) is 12.1 Å². The second-order valence-electron chi connectivity index (χ2n) is 9.40. The number of hydrazone groups is 1. The Hall–Kier alpha value is -4.17. The first-order chi connectivity index (χ1) is 18.4. The minimum atomic E-state index is -0.570. The maximum Gasteiger partial charge on any atom is 0.343 e. The molecule has 192 valence electrons. The molecular weight excluding hydrogens is 508 g/mol. The van der Waals surface area contributed by atoms with Crippen LogP contribution in [0.2, 0.25) is 5.02 Å². The fourth-order valence-corrected chi connectivity index (χ4v) is 6.32. The highest BCUT2D eigenvalue weighted by Gasteiger charge is 2.61.